The van der Waals surface area contributed by atoms with Crippen LogP contribution >= 0.6 is 15.9 Å². The van der Waals surface area contributed by atoms with Crippen LogP contribution in [0.25, 0.3) is 0 Å². The molecule has 2 amide bonds. The molecule has 0 saturated heterocycles. The molecule has 0 aromatic heterocycles. The Bertz CT molecular complexity index is 343. The summed E-state index contributed by atoms with van der Waals surface area (Å²) >= 11 is 3.32. The predicted octanol–water partition coefficient (Wildman–Crippen LogP) is 1.55. The third kappa shape index (κ3) is 6.25. The summed E-state index contributed by atoms with van der Waals surface area (Å²) in [6, 6.07) is 7.10. The zero-order chi connectivity index (χ0) is 12.5. The van der Waals surface area contributed by atoms with Crippen LogP contribution in [0.4, 0.5) is 10.5 Å². The van der Waals surface area contributed by atoms with Crippen LogP contribution in [0.3, 0.4) is 0 Å². The fraction of sp³-hybridized carbons (Fsp3) is 0.364. The summed E-state index contributed by atoms with van der Waals surface area (Å²) in [5.74, 6) is 0. The quantitative estimate of drug-likeness (QED) is 0.698. The monoisotopic (exact) mass is 301 g/mol. The number of rotatable bonds is 6. The first kappa shape index (κ1) is 14.0. The van der Waals surface area contributed by atoms with Gasteiger partial charge in [-0.25, -0.2) is 4.79 Å². The molecular weight excluding hydrogens is 286 g/mol. The molecule has 0 aliphatic carbocycles. The van der Waals surface area contributed by atoms with Gasteiger partial charge in [0.2, 0.25) is 0 Å². The third-order valence-corrected chi connectivity index (χ3v) is 2.42. The first-order valence-electron chi connectivity index (χ1n) is 5.30. The van der Waals surface area contributed by atoms with Crippen LogP contribution in [0, 0.1) is 0 Å². The van der Waals surface area contributed by atoms with Gasteiger partial charge in [0, 0.05) is 23.2 Å². The first-order chi connectivity index (χ1) is 8.22. The molecule has 4 N–H and O–H groups in total. The molecule has 1 aromatic rings. The number of urea groups is 1. The van der Waals surface area contributed by atoms with Crippen LogP contribution in [-0.4, -0.2) is 32.3 Å². The van der Waals surface area contributed by atoms with Crippen molar-refractivity contribution in [2.45, 2.75) is 0 Å². The van der Waals surface area contributed by atoms with Gasteiger partial charge in [0.15, 0.2) is 0 Å². The summed E-state index contributed by atoms with van der Waals surface area (Å²) in [4.78, 5) is 11.4. The van der Waals surface area contributed by atoms with Crippen molar-refractivity contribution < 1.29 is 9.53 Å². The minimum Gasteiger partial charge on any atom is -0.378 e. The van der Waals surface area contributed by atoms with E-state index in [4.69, 9.17) is 10.5 Å². The van der Waals surface area contributed by atoms with Crippen molar-refractivity contribution in [3.8, 4) is 0 Å². The number of nitrogens with two attached hydrogens (primary N) is 1. The number of amides is 2. The van der Waals surface area contributed by atoms with Crippen molar-refractivity contribution in [1.29, 1.82) is 0 Å². The molecule has 0 unspecified atom stereocenters. The van der Waals surface area contributed by atoms with Crippen LogP contribution in [0.15, 0.2) is 28.7 Å². The summed E-state index contributed by atoms with van der Waals surface area (Å²) in [5.41, 5.74) is 6.00. The highest BCUT2D eigenvalue weighted by molar-refractivity contribution is 9.10. The SMILES string of the molecule is NCCOCCNC(=O)Nc1ccc(Br)cc1. The number of benzene rings is 1. The van der Waals surface area contributed by atoms with Crippen molar-refractivity contribution in [2.75, 3.05) is 31.6 Å². The smallest absolute Gasteiger partial charge is 0.319 e. The van der Waals surface area contributed by atoms with Crippen LogP contribution in [0.5, 0.6) is 0 Å². The lowest BCUT2D eigenvalue weighted by molar-refractivity contribution is 0.144. The molecule has 0 aliphatic rings. The van der Waals surface area contributed by atoms with Gasteiger partial charge in [0.1, 0.15) is 0 Å². The van der Waals surface area contributed by atoms with Crippen molar-refractivity contribution in [3.63, 3.8) is 0 Å². The maximum absolute atomic E-state index is 11.4. The number of hydrogen-bond acceptors (Lipinski definition) is 3. The number of halogens is 1. The van der Waals surface area contributed by atoms with Crippen molar-refractivity contribution in [1.82, 2.24) is 5.32 Å². The van der Waals surface area contributed by atoms with Crippen molar-refractivity contribution in [3.05, 3.63) is 28.7 Å². The van der Waals surface area contributed by atoms with Crippen molar-refractivity contribution >= 4 is 27.6 Å². The van der Waals surface area contributed by atoms with Gasteiger partial charge in [-0.2, -0.15) is 0 Å². The Morgan fingerprint density at radius 3 is 2.65 bits per heavy atom. The van der Waals surface area contributed by atoms with Gasteiger partial charge < -0.3 is 21.1 Å². The van der Waals surface area contributed by atoms with Crippen LogP contribution < -0.4 is 16.4 Å². The molecular formula is C11H16BrN3O2. The Morgan fingerprint density at radius 2 is 2.00 bits per heavy atom. The van der Waals surface area contributed by atoms with E-state index < -0.39 is 0 Å². The van der Waals surface area contributed by atoms with E-state index in [2.05, 4.69) is 26.6 Å². The molecule has 0 bridgehead atoms. The molecule has 0 fully saturated rings. The van der Waals surface area contributed by atoms with Crippen LogP contribution in [0.2, 0.25) is 0 Å². The molecule has 0 heterocycles. The summed E-state index contributed by atoms with van der Waals surface area (Å²) in [7, 11) is 0. The van der Waals surface area contributed by atoms with E-state index in [1.165, 1.54) is 0 Å². The number of nitrogens with one attached hydrogen (secondary N) is 2. The average Bonchev–Trinajstić information content (AvgIpc) is 2.32. The molecule has 5 nitrogen and oxygen atoms in total. The molecule has 6 heteroatoms. The summed E-state index contributed by atoms with van der Waals surface area (Å²) < 4.78 is 6.10. The fourth-order valence-electron chi connectivity index (χ4n) is 1.13. The molecule has 0 spiro atoms. The highest BCUT2D eigenvalue weighted by atomic mass is 79.9. The average molecular weight is 302 g/mol. The second kappa shape index (κ2) is 8.05. The van der Waals surface area contributed by atoms with Gasteiger partial charge in [-0.15, -0.1) is 0 Å². The fourth-order valence-corrected chi connectivity index (χ4v) is 1.39. The minimum absolute atomic E-state index is 0.247. The topological polar surface area (TPSA) is 76.4 Å². The molecule has 1 rings (SSSR count). The second-order valence-corrected chi connectivity index (χ2v) is 4.20. The Balaban J connectivity index is 2.18. The van der Waals surface area contributed by atoms with E-state index in [1.807, 2.05) is 24.3 Å². The second-order valence-electron chi connectivity index (χ2n) is 3.29. The normalized spacial score (nSPS) is 10.0. The Kier molecular flexibility index (Phi) is 6.61. The molecule has 0 saturated carbocycles. The molecule has 17 heavy (non-hydrogen) atoms. The number of carbonyl (C=O) groups excluding carboxylic acids is 1. The van der Waals surface area contributed by atoms with E-state index >= 15 is 0 Å². The van der Waals surface area contributed by atoms with E-state index in [9.17, 15) is 4.79 Å². The van der Waals surface area contributed by atoms with Gasteiger partial charge in [0.25, 0.3) is 0 Å². The molecule has 0 radical (unpaired) electrons. The van der Waals surface area contributed by atoms with Gasteiger partial charge in [-0.3, -0.25) is 0 Å². The molecule has 1 aromatic carbocycles. The number of anilines is 1. The van der Waals surface area contributed by atoms with Gasteiger partial charge in [-0.05, 0) is 24.3 Å². The lowest BCUT2D eigenvalue weighted by atomic mass is 10.3. The molecule has 0 aliphatic heterocycles. The number of ether oxygens (including phenoxy) is 1. The maximum Gasteiger partial charge on any atom is 0.319 e. The van der Waals surface area contributed by atoms with E-state index in [0.29, 0.717) is 26.3 Å². The number of carbonyl (C=O) groups is 1. The predicted molar refractivity (Wildman–Crippen MR) is 71.0 cm³/mol. The summed E-state index contributed by atoms with van der Waals surface area (Å²) in [6.45, 7) is 1.93. The van der Waals surface area contributed by atoms with Crippen molar-refractivity contribution in [2.24, 2.45) is 5.73 Å². The summed E-state index contributed by atoms with van der Waals surface area (Å²) in [6.07, 6.45) is 0. The standard InChI is InChI=1S/C11H16BrN3O2/c12-9-1-3-10(4-2-9)15-11(16)14-6-8-17-7-5-13/h1-4H,5-8,13H2,(H2,14,15,16). The zero-order valence-electron chi connectivity index (χ0n) is 9.41. The van der Waals surface area contributed by atoms with Gasteiger partial charge in [-0.1, -0.05) is 15.9 Å². The van der Waals surface area contributed by atoms with Crippen LogP contribution in [-0.2, 0) is 4.74 Å². The lowest BCUT2D eigenvalue weighted by Crippen LogP contribution is -2.31. The van der Waals surface area contributed by atoms with Crippen LogP contribution in [0.1, 0.15) is 0 Å². The molecule has 94 valence electrons. The van der Waals surface area contributed by atoms with E-state index in [-0.39, 0.29) is 6.03 Å². The van der Waals surface area contributed by atoms with Gasteiger partial charge >= 0.3 is 6.03 Å². The zero-order valence-corrected chi connectivity index (χ0v) is 11.0. The van der Waals surface area contributed by atoms with Gasteiger partial charge in [0.05, 0.1) is 13.2 Å². The Labute approximate surface area is 109 Å². The summed E-state index contributed by atoms with van der Waals surface area (Å²) in [5, 5.41) is 5.39. The highest BCUT2D eigenvalue weighted by Crippen LogP contribution is 2.13. The number of hydrogen-bond donors (Lipinski definition) is 3. The maximum atomic E-state index is 11.4. The molecule has 0 atom stereocenters. The largest absolute Gasteiger partial charge is 0.378 e. The first-order valence-corrected chi connectivity index (χ1v) is 6.10. The van der Waals surface area contributed by atoms with E-state index in [1.54, 1.807) is 0 Å². The minimum atomic E-state index is -0.247. The lowest BCUT2D eigenvalue weighted by Gasteiger charge is -2.07. The Morgan fingerprint density at radius 1 is 1.29 bits per heavy atom. The highest BCUT2D eigenvalue weighted by Gasteiger charge is 2.00. The Hall–Kier alpha value is -1.11. The van der Waals surface area contributed by atoms with E-state index in [0.717, 1.165) is 10.2 Å². The third-order valence-electron chi connectivity index (χ3n) is 1.90.